The van der Waals surface area contributed by atoms with Gasteiger partial charge in [-0.1, -0.05) is 36.4 Å². The highest BCUT2D eigenvalue weighted by Gasteiger charge is 1.91. The molecule has 0 aliphatic heterocycles. The predicted molar refractivity (Wildman–Crippen MR) is 55.8 cm³/mol. The molecule has 1 nitrogen and oxygen atoms in total. The minimum atomic E-state index is 0.840. The van der Waals surface area contributed by atoms with E-state index in [-0.39, 0.29) is 0 Å². The highest BCUT2D eigenvalue weighted by molar-refractivity contribution is 14.1. The van der Waals surface area contributed by atoms with Gasteiger partial charge in [-0.05, 0) is 31.8 Å². The molecule has 1 N–H and O–H groups in total. The van der Waals surface area contributed by atoms with Gasteiger partial charge in [0, 0.05) is 4.43 Å². The normalized spacial score (nSPS) is 10.8. The SMILES string of the molecule is CC(C)CCNCCCI. The average molecular weight is 255 g/mol. The zero-order valence-corrected chi connectivity index (χ0v) is 9.15. The lowest BCUT2D eigenvalue weighted by molar-refractivity contribution is 0.538. The van der Waals surface area contributed by atoms with Crippen molar-refractivity contribution in [2.24, 2.45) is 5.92 Å². The van der Waals surface area contributed by atoms with E-state index in [0.717, 1.165) is 5.92 Å². The van der Waals surface area contributed by atoms with Gasteiger partial charge in [-0.3, -0.25) is 0 Å². The maximum absolute atomic E-state index is 3.41. The molecule has 0 bridgehead atoms. The standard InChI is InChI=1S/C8H18IN/c1-8(2)4-7-10-6-3-5-9/h8,10H,3-7H2,1-2H3. The van der Waals surface area contributed by atoms with Crippen molar-refractivity contribution in [2.45, 2.75) is 26.7 Å². The second-order valence-corrected chi connectivity index (χ2v) is 4.05. The molecule has 0 aromatic rings. The number of halogens is 1. The lowest BCUT2D eigenvalue weighted by atomic mass is 10.1. The monoisotopic (exact) mass is 255 g/mol. The fraction of sp³-hybridized carbons (Fsp3) is 1.00. The van der Waals surface area contributed by atoms with Crippen molar-refractivity contribution in [3.8, 4) is 0 Å². The van der Waals surface area contributed by atoms with E-state index in [1.807, 2.05) is 0 Å². The van der Waals surface area contributed by atoms with Crippen LogP contribution in [0.3, 0.4) is 0 Å². The summed E-state index contributed by atoms with van der Waals surface area (Å²) in [4.78, 5) is 0. The topological polar surface area (TPSA) is 12.0 Å². The second-order valence-electron chi connectivity index (χ2n) is 2.98. The predicted octanol–water partition coefficient (Wildman–Crippen LogP) is 2.45. The van der Waals surface area contributed by atoms with Crippen LogP contribution in [-0.2, 0) is 0 Å². The van der Waals surface area contributed by atoms with E-state index in [0.29, 0.717) is 0 Å². The fourth-order valence-electron chi connectivity index (χ4n) is 0.708. The Labute approximate surface area is 78.1 Å². The van der Waals surface area contributed by atoms with E-state index < -0.39 is 0 Å². The summed E-state index contributed by atoms with van der Waals surface area (Å²) < 4.78 is 1.27. The van der Waals surface area contributed by atoms with E-state index in [1.165, 1.54) is 30.4 Å². The fourth-order valence-corrected chi connectivity index (χ4v) is 1.09. The molecule has 0 rings (SSSR count). The molecule has 0 aliphatic rings. The van der Waals surface area contributed by atoms with Gasteiger partial charge in [0.2, 0.25) is 0 Å². The Hall–Kier alpha value is 0.690. The van der Waals surface area contributed by atoms with Crippen LogP contribution in [0.5, 0.6) is 0 Å². The van der Waals surface area contributed by atoms with Gasteiger partial charge in [-0.15, -0.1) is 0 Å². The maximum atomic E-state index is 3.41. The zero-order chi connectivity index (χ0) is 7.82. The summed E-state index contributed by atoms with van der Waals surface area (Å²) in [5.74, 6) is 0.840. The molecule has 0 saturated heterocycles. The smallest absolute Gasteiger partial charge is 0.000735 e. The Balaban J connectivity index is 2.77. The number of hydrogen-bond acceptors (Lipinski definition) is 1. The molecular formula is C8H18IN. The molecule has 0 aromatic heterocycles. The van der Waals surface area contributed by atoms with Gasteiger partial charge in [-0.25, -0.2) is 0 Å². The highest BCUT2D eigenvalue weighted by atomic mass is 127. The molecule has 0 atom stereocenters. The van der Waals surface area contributed by atoms with Crippen LogP contribution in [0.25, 0.3) is 0 Å². The third kappa shape index (κ3) is 8.69. The largest absolute Gasteiger partial charge is 0.317 e. The minimum Gasteiger partial charge on any atom is -0.317 e. The molecule has 2 heteroatoms. The first-order valence-electron chi connectivity index (χ1n) is 4.04. The van der Waals surface area contributed by atoms with Gasteiger partial charge in [0.05, 0.1) is 0 Å². The maximum Gasteiger partial charge on any atom is 0.000735 e. The summed E-state index contributed by atoms with van der Waals surface area (Å²) in [6.07, 6.45) is 2.61. The molecule has 0 aliphatic carbocycles. The van der Waals surface area contributed by atoms with Crippen LogP contribution >= 0.6 is 22.6 Å². The van der Waals surface area contributed by atoms with E-state index in [1.54, 1.807) is 0 Å². The quantitative estimate of drug-likeness (QED) is 0.436. The van der Waals surface area contributed by atoms with Crippen LogP contribution < -0.4 is 5.32 Å². The van der Waals surface area contributed by atoms with Crippen molar-refractivity contribution in [1.29, 1.82) is 0 Å². The summed E-state index contributed by atoms with van der Waals surface area (Å²) in [6, 6.07) is 0. The molecule has 0 radical (unpaired) electrons. The lowest BCUT2D eigenvalue weighted by Gasteiger charge is -2.04. The Morgan fingerprint density at radius 1 is 1.30 bits per heavy atom. The van der Waals surface area contributed by atoms with Crippen LogP contribution in [0.1, 0.15) is 26.7 Å². The van der Waals surface area contributed by atoms with Crippen LogP contribution in [0.2, 0.25) is 0 Å². The molecule has 62 valence electrons. The number of alkyl halides is 1. The number of rotatable bonds is 6. The third-order valence-electron chi connectivity index (χ3n) is 1.39. The molecule has 0 unspecified atom stereocenters. The van der Waals surface area contributed by atoms with Crippen LogP contribution in [0, 0.1) is 5.92 Å². The Morgan fingerprint density at radius 2 is 2.00 bits per heavy atom. The van der Waals surface area contributed by atoms with Gasteiger partial charge in [0.1, 0.15) is 0 Å². The van der Waals surface area contributed by atoms with Crippen LogP contribution in [0.4, 0.5) is 0 Å². The van der Waals surface area contributed by atoms with E-state index in [9.17, 15) is 0 Å². The molecule has 0 saturated carbocycles. The first-order chi connectivity index (χ1) is 4.77. The number of nitrogens with one attached hydrogen (secondary N) is 1. The first kappa shape index (κ1) is 10.7. The molecule has 0 heterocycles. The van der Waals surface area contributed by atoms with Gasteiger partial charge in [0.15, 0.2) is 0 Å². The Kier molecular flexibility index (Phi) is 8.33. The summed E-state index contributed by atoms with van der Waals surface area (Å²) in [5, 5.41) is 3.41. The summed E-state index contributed by atoms with van der Waals surface area (Å²) in [6.45, 7) is 6.91. The van der Waals surface area contributed by atoms with E-state index in [2.05, 4.69) is 41.8 Å². The molecular weight excluding hydrogens is 237 g/mol. The zero-order valence-electron chi connectivity index (χ0n) is 6.99. The van der Waals surface area contributed by atoms with Crippen molar-refractivity contribution < 1.29 is 0 Å². The lowest BCUT2D eigenvalue weighted by Crippen LogP contribution is -2.18. The van der Waals surface area contributed by atoms with Crippen molar-refractivity contribution >= 4 is 22.6 Å². The number of hydrogen-bond donors (Lipinski definition) is 1. The molecule has 0 aromatic carbocycles. The highest BCUT2D eigenvalue weighted by Crippen LogP contribution is 1.96. The van der Waals surface area contributed by atoms with Crippen LogP contribution in [0.15, 0.2) is 0 Å². The third-order valence-corrected chi connectivity index (χ3v) is 2.15. The summed E-state index contributed by atoms with van der Waals surface area (Å²) in [7, 11) is 0. The average Bonchev–Trinajstić information content (AvgIpc) is 1.87. The van der Waals surface area contributed by atoms with Crippen molar-refractivity contribution in [1.82, 2.24) is 5.32 Å². The van der Waals surface area contributed by atoms with Gasteiger partial charge < -0.3 is 5.32 Å². The molecule has 10 heavy (non-hydrogen) atoms. The van der Waals surface area contributed by atoms with Crippen LogP contribution in [-0.4, -0.2) is 17.5 Å². The second kappa shape index (κ2) is 7.79. The van der Waals surface area contributed by atoms with Crippen molar-refractivity contribution in [3.63, 3.8) is 0 Å². The van der Waals surface area contributed by atoms with Gasteiger partial charge >= 0.3 is 0 Å². The van der Waals surface area contributed by atoms with E-state index in [4.69, 9.17) is 0 Å². The Bertz CT molecular complexity index is 64.3. The minimum absolute atomic E-state index is 0.840. The van der Waals surface area contributed by atoms with Crippen molar-refractivity contribution in [2.75, 3.05) is 17.5 Å². The van der Waals surface area contributed by atoms with Gasteiger partial charge in [0.25, 0.3) is 0 Å². The van der Waals surface area contributed by atoms with Gasteiger partial charge in [-0.2, -0.15) is 0 Å². The first-order valence-corrected chi connectivity index (χ1v) is 5.56. The molecule has 0 spiro atoms. The molecule has 0 fully saturated rings. The Morgan fingerprint density at radius 3 is 2.50 bits per heavy atom. The summed E-state index contributed by atoms with van der Waals surface area (Å²) in [5.41, 5.74) is 0. The van der Waals surface area contributed by atoms with E-state index >= 15 is 0 Å². The van der Waals surface area contributed by atoms with Crippen molar-refractivity contribution in [3.05, 3.63) is 0 Å². The molecule has 0 amide bonds. The summed E-state index contributed by atoms with van der Waals surface area (Å²) >= 11 is 2.41.